The maximum Gasteiger partial charge on any atom is 0.305 e. The average Bonchev–Trinajstić information content (AvgIpc) is 2.36. The van der Waals surface area contributed by atoms with E-state index in [0.717, 1.165) is 0 Å². The van der Waals surface area contributed by atoms with E-state index in [1.807, 2.05) is 32.0 Å². The van der Waals surface area contributed by atoms with Gasteiger partial charge in [0.05, 0.1) is 7.11 Å². The summed E-state index contributed by atoms with van der Waals surface area (Å²) in [5.41, 5.74) is 0.137. The first-order valence-corrected chi connectivity index (χ1v) is 5.64. The van der Waals surface area contributed by atoms with Crippen molar-refractivity contribution >= 4 is 11.8 Å². The van der Waals surface area contributed by atoms with Gasteiger partial charge in [-0.05, 0) is 6.42 Å². The largest absolute Gasteiger partial charge is 0.469 e. The topological polar surface area (TPSA) is 43.4 Å². The Morgan fingerprint density at radius 2 is 1.76 bits per heavy atom. The van der Waals surface area contributed by atoms with Gasteiger partial charge in [-0.25, -0.2) is 0 Å². The van der Waals surface area contributed by atoms with Crippen LogP contribution < -0.4 is 0 Å². The Balaban J connectivity index is 2.70. The van der Waals surface area contributed by atoms with Crippen LogP contribution in [-0.4, -0.2) is 18.9 Å². The molecule has 0 bridgehead atoms. The fourth-order valence-electron chi connectivity index (χ4n) is 1.61. The van der Waals surface area contributed by atoms with Crippen LogP contribution in [0, 0.1) is 5.41 Å². The van der Waals surface area contributed by atoms with Crippen molar-refractivity contribution in [2.75, 3.05) is 7.11 Å². The molecule has 0 N–H and O–H groups in total. The van der Waals surface area contributed by atoms with Gasteiger partial charge in [0.1, 0.15) is 0 Å². The predicted molar refractivity (Wildman–Crippen MR) is 65.8 cm³/mol. The molecule has 0 heterocycles. The van der Waals surface area contributed by atoms with Gasteiger partial charge in [-0.3, -0.25) is 9.59 Å². The van der Waals surface area contributed by atoms with Gasteiger partial charge in [0.25, 0.3) is 0 Å². The Bertz CT molecular complexity index is 393. The summed E-state index contributed by atoms with van der Waals surface area (Å²) in [6.45, 7) is 3.70. The SMILES string of the molecule is COC(=O)CCC(C)(C)C(=O)c1ccccc1. The van der Waals surface area contributed by atoms with Gasteiger partial charge in [-0.2, -0.15) is 0 Å². The zero-order chi connectivity index (χ0) is 12.9. The normalized spacial score (nSPS) is 11.0. The van der Waals surface area contributed by atoms with Crippen LogP contribution in [0.4, 0.5) is 0 Å². The third kappa shape index (κ3) is 3.70. The molecule has 3 heteroatoms. The summed E-state index contributed by atoms with van der Waals surface area (Å²) in [5, 5.41) is 0. The van der Waals surface area contributed by atoms with E-state index in [-0.39, 0.29) is 18.2 Å². The van der Waals surface area contributed by atoms with Gasteiger partial charge in [-0.15, -0.1) is 0 Å². The van der Waals surface area contributed by atoms with E-state index >= 15 is 0 Å². The Hall–Kier alpha value is -1.64. The van der Waals surface area contributed by atoms with Crippen molar-refractivity contribution < 1.29 is 14.3 Å². The highest BCUT2D eigenvalue weighted by molar-refractivity contribution is 6.00. The van der Waals surface area contributed by atoms with Crippen molar-refractivity contribution in [3.05, 3.63) is 35.9 Å². The monoisotopic (exact) mass is 234 g/mol. The summed E-state index contributed by atoms with van der Waals surface area (Å²) < 4.78 is 4.58. The number of hydrogen-bond donors (Lipinski definition) is 0. The molecular weight excluding hydrogens is 216 g/mol. The Kier molecular flexibility index (Phi) is 4.44. The maximum absolute atomic E-state index is 12.2. The van der Waals surface area contributed by atoms with Gasteiger partial charge in [0, 0.05) is 17.4 Å². The highest BCUT2D eigenvalue weighted by Gasteiger charge is 2.29. The third-order valence-electron chi connectivity index (χ3n) is 2.83. The molecule has 1 aromatic rings. The molecular formula is C14H18O3. The quantitative estimate of drug-likeness (QED) is 0.581. The van der Waals surface area contributed by atoms with Crippen LogP contribution in [0.3, 0.4) is 0 Å². The van der Waals surface area contributed by atoms with Gasteiger partial charge >= 0.3 is 5.97 Å². The lowest BCUT2D eigenvalue weighted by atomic mass is 9.80. The maximum atomic E-state index is 12.2. The first kappa shape index (κ1) is 13.4. The zero-order valence-electron chi connectivity index (χ0n) is 10.5. The summed E-state index contributed by atoms with van der Waals surface area (Å²) in [6, 6.07) is 9.13. The number of methoxy groups -OCH3 is 1. The standard InChI is InChI=1S/C14H18O3/c1-14(2,10-9-12(15)17-3)13(16)11-7-5-4-6-8-11/h4-8H,9-10H2,1-3H3. The van der Waals surface area contributed by atoms with Gasteiger partial charge in [0.2, 0.25) is 0 Å². The number of hydrogen-bond acceptors (Lipinski definition) is 3. The van der Waals surface area contributed by atoms with Crippen LogP contribution in [0.15, 0.2) is 30.3 Å². The van der Waals surface area contributed by atoms with Crippen LogP contribution in [-0.2, 0) is 9.53 Å². The highest BCUT2D eigenvalue weighted by atomic mass is 16.5. The Morgan fingerprint density at radius 3 is 2.29 bits per heavy atom. The zero-order valence-corrected chi connectivity index (χ0v) is 10.5. The number of ketones is 1. The second-order valence-corrected chi connectivity index (χ2v) is 4.66. The Labute approximate surface area is 102 Å². The molecule has 0 saturated heterocycles. The van der Waals surface area contributed by atoms with Crippen molar-refractivity contribution in [3.63, 3.8) is 0 Å². The molecule has 0 fully saturated rings. The number of carbonyl (C=O) groups is 2. The van der Waals surface area contributed by atoms with Crippen molar-refractivity contribution in [1.82, 2.24) is 0 Å². The van der Waals surface area contributed by atoms with Crippen molar-refractivity contribution in [1.29, 1.82) is 0 Å². The van der Waals surface area contributed by atoms with E-state index in [9.17, 15) is 9.59 Å². The van der Waals surface area contributed by atoms with Gasteiger partial charge < -0.3 is 4.74 Å². The van der Waals surface area contributed by atoms with Crippen LogP contribution in [0.2, 0.25) is 0 Å². The molecule has 0 radical (unpaired) electrons. The molecule has 0 spiro atoms. The molecule has 1 rings (SSSR count). The first-order chi connectivity index (χ1) is 7.97. The number of ether oxygens (including phenoxy) is 1. The molecule has 0 amide bonds. The molecule has 17 heavy (non-hydrogen) atoms. The molecule has 0 atom stereocenters. The summed E-state index contributed by atoms with van der Waals surface area (Å²) in [5.74, 6) is -0.221. The predicted octanol–water partition coefficient (Wildman–Crippen LogP) is 2.85. The molecule has 0 saturated carbocycles. The van der Waals surface area contributed by atoms with Crippen LogP contribution in [0.5, 0.6) is 0 Å². The average molecular weight is 234 g/mol. The number of rotatable bonds is 5. The number of benzene rings is 1. The second kappa shape index (κ2) is 5.62. The molecule has 92 valence electrons. The van der Waals surface area contributed by atoms with E-state index < -0.39 is 5.41 Å². The number of carbonyl (C=O) groups excluding carboxylic acids is 2. The fraction of sp³-hybridized carbons (Fsp3) is 0.429. The minimum absolute atomic E-state index is 0.0574. The van der Waals surface area contributed by atoms with Crippen LogP contribution in [0.1, 0.15) is 37.0 Å². The minimum atomic E-state index is -0.546. The minimum Gasteiger partial charge on any atom is -0.469 e. The van der Waals surface area contributed by atoms with Gasteiger partial charge in [-0.1, -0.05) is 44.2 Å². The molecule has 0 aliphatic carbocycles. The van der Waals surface area contributed by atoms with Gasteiger partial charge in [0.15, 0.2) is 5.78 Å². The molecule has 0 aromatic heterocycles. The van der Waals surface area contributed by atoms with Crippen molar-refractivity contribution in [2.45, 2.75) is 26.7 Å². The Morgan fingerprint density at radius 1 is 1.18 bits per heavy atom. The lowest BCUT2D eigenvalue weighted by Crippen LogP contribution is -2.25. The lowest BCUT2D eigenvalue weighted by molar-refractivity contribution is -0.141. The summed E-state index contributed by atoms with van der Waals surface area (Å²) in [4.78, 5) is 23.3. The summed E-state index contributed by atoms with van der Waals surface area (Å²) in [7, 11) is 1.36. The second-order valence-electron chi connectivity index (χ2n) is 4.66. The van der Waals surface area contributed by atoms with E-state index in [0.29, 0.717) is 12.0 Å². The number of esters is 1. The molecule has 1 aromatic carbocycles. The number of Topliss-reactive ketones (excluding diaryl/α,β-unsaturated/α-hetero) is 1. The van der Waals surface area contributed by atoms with E-state index in [1.54, 1.807) is 12.1 Å². The van der Waals surface area contributed by atoms with Crippen LogP contribution in [0.25, 0.3) is 0 Å². The highest BCUT2D eigenvalue weighted by Crippen LogP contribution is 2.27. The van der Waals surface area contributed by atoms with Crippen LogP contribution >= 0.6 is 0 Å². The smallest absolute Gasteiger partial charge is 0.305 e. The van der Waals surface area contributed by atoms with Crippen molar-refractivity contribution in [2.24, 2.45) is 5.41 Å². The third-order valence-corrected chi connectivity index (χ3v) is 2.83. The van der Waals surface area contributed by atoms with E-state index in [2.05, 4.69) is 4.74 Å². The van der Waals surface area contributed by atoms with Crippen molar-refractivity contribution in [3.8, 4) is 0 Å². The van der Waals surface area contributed by atoms with E-state index in [1.165, 1.54) is 7.11 Å². The fourth-order valence-corrected chi connectivity index (χ4v) is 1.61. The van der Waals surface area contributed by atoms with E-state index in [4.69, 9.17) is 0 Å². The first-order valence-electron chi connectivity index (χ1n) is 5.64. The molecule has 0 unspecified atom stereocenters. The molecule has 3 nitrogen and oxygen atoms in total. The summed E-state index contributed by atoms with van der Waals surface area (Å²) >= 11 is 0. The lowest BCUT2D eigenvalue weighted by Gasteiger charge is -2.22. The summed E-state index contributed by atoms with van der Waals surface area (Å²) in [6.07, 6.45) is 0.759. The molecule has 0 aliphatic rings. The molecule has 0 aliphatic heterocycles.